The van der Waals surface area contributed by atoms with Gasteiger partial charge in [0.15, 0.2) is 0 Å². The molecule has 7 heteroatoms. The molecule has 0 aliphatic carbocycles. The SMILES string of the molecule is O=S(=O)(NC(CO)c1ccco1)c1cccc(Br)c1. The van der Waals surface area contributed by atoms with Crippen molar-refractivity contribution in [2.75, 3.05) is 6.61 Å². The van der Waals surface area contributed by atoms with Crippen LogP contribution in [0.25, 0.3) is 0 Å². The van der Waals surface area contributed by atoms with Crippen molar-refractivity contribution in [1.82, 2.24) is 4.72 Å². The molecule has 0 spiro atoms. The Labute approximate surface area is 119 Å². The number of furan rings is 1. The lowest BCUT2D eigenvalue weighted by Crippen LogP contribution is -2.30. The first kappa shape index (κ1) is 14.3. The molecule has 0 saturated heterocycles. The second kappa shape index (κ2) is 5.87. The molecule has 1 aromatic carbocycles. The Morgan fingerprint density at radius 1 is 1.32 bits per heavy atom. The Bertz CT molecular complexity index is 640. The minimum absolute atomic E-state index is 0.117. The number of aliphatic hydroxyl groups excluding tert-OH is 1. The molecule has 102 valence electrons. The van der Waals surface area contributed by atoms with Crippen LogP contribution in [0.15, 0.2) is 56.4 Å². The highest BCUT2D eigenvalue weighted by Gasteiger charge is 2.22. The summed E-state index contributed by atoms with van der Waals surface area (Å²) >= 11 is 3.22. The van der Waals surface area contributed by atoms with Crippen LogP contribution < -0.4 is 4.72 Å². The van der Waals surface area contributed by atoms with E-state index in [2.05, 4.69) is 20.7 Å². The second-order valence-corrected chi connectivity index (χ2v) is 6.46. The molecule has 19 heavy (non-hydrogen) atoms. The maximum atomic E-state index is 12.2. The van der Waals surface area contributed by atoms with Gasteiger partial charge >= 0.3 is 0 Å². The van der Waals surface area contributed by atoms with E-state index >= 15 is 0 Å². The minimum atomic E-state index is -3.72. The Balaban J connectivity index is 2.26. The van der Waals surface area contributed by atoms with Crippen molar-refractivity contribution in [2.45, 2.75) is 10.9 Å². The molecule has 5 nitrogen and oxygen atoms in total. The zero-order valence-electron chi connectivity index (χ0n) is 9.78. The van der Waals surface area contributed by atoms with E-state index in [4.69, 9.17) is 4.42 Å². The number of hydrogen-bond acceptors (Lipinski definition) is 4. The molecule has 0 saturated carbocycles. The van der Waals surface area contributed by atoms with Crippen LogP contribution in [0.1, 0.15) is 11.8 Å². The molecule has 2 N–H and O–H groups in total. The highest BCUT2D eigenvalue weighted by Crippen LogP contribution is 2.20. The zero-order valence-corrected chi connectivity index (χ0v) is 12.2. The van der Waals surface area contributed by atoms with E-state index in [1.54, 1.807) is 24.3 Å². The number of nitrogens with one attached hydrogen (secondary N) is 1. The van der Waals surface area contributed by atoms with E-state index in [0.717, 1.165) is 0 Å². The standard InChI is InChI=1S/C12H12BrNO4S/c13-9-3-1-4-10(7-9)19(16,17)14-11(8-15)12-5-2-6-18-12/h1-7,11,14-15H,8H2. The van der Waals surface area contributed by atoms with E-state index in [-0.39, 0.29) is 11.5 Å². The summed E-state index contributed by atoms with van der Waals surface area (Å²) in [5.74, 6) is 0.362. The van der Waals surface area contributed by atoms with Gasteiger partial charge in [-0.25, -0.2) is 8.42 Å². The van der Waals surface area contributed by atoms with Gasteiger partial charge in [-0.2, -0.15) is 4.72 Å². The number of halogens is 1. The fourth-order valence-electron chi connectivity index (χ4n) is 1.56. The molecule has 2 rings (SSSR count). The van der Waals surface area contributed by atoms with E-state index < -0.39 is 16.1 Å². The number of aliphatic hydroxyl groups is 1. The molecular weight excluding hydrogens is 334 g/mol. The lowest BCUT2D eigenvalue weighted by molar-refractivity contribution is 0.242. The topological polar surface area (TPSA) is 79.5 Å². The van der Waals surface area contributed by atoms with E-state index in [1.165, 1.54) is 18.4 Å². The average molecular weight is 346 g/mol. The van der Waals surface area contributed by atoms with Crippen LogP contribution in [-0.4, -0.2) is 20.1 Å². The van der Waals surface area contributed by atoms with Crippen molar-refractivity contribution < 1.29 is 17.9 Å². The maximum absolute atomic E-state index is 12.2. The lowest BCUT2D eigenvalue weighted by atomic mass is 10.2. The molecule has 0 bridgehead atoms. The highest BCUT2D eigenvalue weighted by atomic mass is 79.9. The maximum Gasteiger partial charge on any atom is 0.241 e. The molecule has 1 aromatic heterocycles. The summed E-state index contributed by atoms with van der Waals surface area (Å²) in [5.41, 5.74) is 0. The smallest absolute Gasteiger partial charge is 0.241 e. The van der Waals surface area contributed by atoms with Crippen LogP contribution in [0.5, 0.6) is 0 Å². The molecule has 0 amide bonds. The largest absolute Gasteiger partial charge is 0.468 e. The van der Waals surface area contributed by atoms with Gasteiger partial charge < -0.3 is 9.52 Å². The van der Waals surface area contributed by atoms with Crippen molar-refractivity contribution in [3.05, 3.63) is 52.9 Å². The van der Waals surface area contributed by atoms with Crippen LogP contribution >= 0.6 is 15.9 Å². The van der Waals surface area contributed by atoms with Crippen molar-refractivity contribution in [3.8, 4) is 0 Å². The molecular formula is C12H12BrNO4S. The first-order chi connectivity index (χ1) is 9.03. The summed E-state index contributed by atoms with van der Waals surface area (Å²) in [6.45, 7) is -0.388. The highest BCUT2D eigenvalue weighted by molar-refractivity contribution is 9.10. The second-order valence-electron chi connectivity index (χ2n) is 3.83. The summed E-state index contributed by atoms with van der Waals surface area (Å²) < 4.78 is 32.5. The monoisotopic (exact) mass is 345 g/mol. The van der Waals surface area contributed by atoms with Gasteiger partial charge in [-0.3, -0.25) is 0 Å². The predicted octanol–water partition coefficient (Wildman–Crippen LogP) is 2.05. The van der Waals surface area contributed by atoms with Gasteiger partial charge in [-0.1, -0.05) is 22.0 Å². The molecule has 1 atom stereocenters. The van der Waals surface area contributed by atoms with Crippen LogP contribution in [-0.2, 0) is 10.0 Å². The Hall–Kier alpha value is -1.15. The quantitative estimate of drug-likeness (QED) is 0.869. The Kier molecular flexibility index (Phi) is 4.41. The van der Waals surface area contributed by atoms with Crippen LogP contribution in [0.2, 0.25) is 0 Å². The molecule has 0 aliphatic rings. The van der Waals surface area contributed by atoms with Gasteiger partial charge in [0.2, 0.25) is 10.0 Å². The Morgan fingerprint density at radius 2 is 2.11 bits per heavy atom. The normalized spacial score (nSPS) is 13.4. The van der Waals surface area contributed by atoms with Crippen molar-refractivity contribution in [1.29, 1.82) is 0 Å². The van der Waals surface area contributed by atoms with Gasteiger partial charge in [0.25, 0.3) is 0 Å². The van der Waals surface area contributed by atoms with Gasteiger partial charge in [0.05, 0.1) is 17.8 Å². The van der Waals surface area contributed by atoms with Gasteiger partial charge in [0.1, 0.15) is 11.8 Å². The van der Waals surface area contributed by atoms with E-state index in [0.29, 0.717) is 10.2 Å². The van der Waals surface area contributed by atoms with Gasteiger partial charge in [0, 0.05) is 4.47 Å². The molecule has 0 fully saturated rings. The fourth-order valence-corrected chi connectivity index (χ4v) is 3.36. The van der Waals surface area contributed by atoms with Crippen molar-refractivity contribution >= 4 is 26.0 Å². The summed E-state index contributed by atoms with van der Waals surface area (Å²) in [5, 5.41) is 9.27. The van der Waals surface area contributed by atoms with Crippen molar-refractivity contribution in [2.24, 2.45) is 0 Å². The van der Waals surface area contributed by atoms with Gasteiger partial charge in [-0.05, 0) is 30.3 Å². The third-order valence-corrected chi connectivity index (χ3v) is 4.44. The van der Waals surface area contributed by atoms with Crippen LogP contribution in [0, 0.1) is 0 Å². The molecule has 1 unspecified atom stereocenters. The van der Waals surface area contributed by atoms with Crippen LogP contribution in [0.4, 0.5) is 0 Å². The molecule has 0 radical (unpaired) electrons. The minimum Gasteiger partial charge on any atom is -0.468 e. The first-order valence-electron chi connectivity index (χ1n) is 5.45. The lowest BCUT2D eigenvalue weighted by Gasteiger charge is -2.14. The summed E-state index contributed by atoms with van der Waals surface area (Å²) in [6.07, 6.45) is 1.42. The third-order valence-electron chi connectivity index (χ3n) is 2.47. The first-order valence-corrected chi connectivity index (χ1v) is 7.73. The average Bonchev–Trinajstić information content (AvgIpc) is 2.90. The number of hydrogen-bond donors (Lipinski definition) is 2. The van der Waals surface area contributed by atoms with Gasteiger partial charge in [-0.15, -0.1) is 0 Å². The number of benzene rings is 1. The summed E-state index contributed by atoms with van der Waals surface area (Å²) in [7, 11) is -3.72. The summed E-state index contributed by atoms with van der Waals surface area (Å²) in [4.78, 5) is 0.117. The Morgan fingerprint density at radius 3 is 2.68 bits per heavy atom. The zero-order chi connectivity index (χ0) is 13.9. The summed E-state index contributed by atoms with van der Waals surface area (Å²) in [6, 6.07) is 8.74. The van der Waals surface area contributed by atoms with E-state index in [9.17, 15) is 13.5 Å². The predicted molar refractivity (Wildman–Crippen MR) is 73.0 cm³/mol. The molecule has 2 aromatic rings. The number of rotatable bonds is 5. The van der Waals surface area contributed by atoms with Crippen LogP contribution in [0.3, 0.4) is 0 Å². The number of sulfonamides is 1. The molecule has 1 heterocycles. The molecule has 0 aliphatic heterocycles. The van der Waals surface area contributed by atoms with E-state index in [1.807, 2.05) is 0 Å². The third kappa shape index (κ3) is 3.44. The fraction of sp³-hybridized carbons (Fsp3) is 0.167. The van der Waals surface area contributed by atoms with Crippen molar-refractivity contribution in [3.63, 3.8) is 0 Å².